The number of aromatic nitrogens is 2. The molecular formula is C14H25N5O. The Labute approximate surface area is 120 Å². The molecule has 6 nitrogen and oxygen atoms in total. The molecule has 0 saturated heterocycles. The van der Waals surface area contributed by atoms with E-state index in [1.807, 2.05) is 34.6 Å². The van der Waals surface area contributed by atoms with Crippen molar-refractivity contribution in [1.82, 2.24) is 15.3 Å². The lowest BCUT2D eigenvalue weighted by atomic mass is 10.2. The van der Waals surface area contributed by atoms with Gasteiger partial charge in [-0.25, -0.2) is 9.97 Å². The fraction of sp³-hybridized carbons (Fsp3) is 0.643. The molecule has 0 radical (unpaired) electrons. The molecule has 0 aliphatic rings. The second kappa shape index (κ2) is 7.07. The molecule has 0 spiro atoms. The van der Waals surface area contributed by atoms with E-state index < -0.39 is 0 Å². The number of nitrogen functional groups attached to an aromatic ring is 1. The summed E-state index contributed by atoms with van der Waals surface area (Å²) in [6.07, 6.45) is 0.401. The van der Waals surface area contributed by atoms with Gasteiger partial charge in [0.25, 0.3) is 0 Å². The van der Waals surface area contributed by atoms with Crippen LogP contribution in [0.3, 0.4) is 0 Å². The van der Waals surface area contributed by atoms with Crippen molar-refractivity contribution < 1.29 is 4.79 Å². The summed E-state index contributed by atoms with van der Waals surface area (Å²) in [6, 6.07) is 0.159. The summed E-state index contributed by atoms with van der Waals surface area (Å²) < 4.78 is 0. The highest BCUT2D eigenvalue weighted by molar-refractivity contribution is 5.76. The summed E-state index contributed by atoms with van der Waals surface area (Å²) in [5, 5.41) is 6.01. The molecule has 0 atom stereocenters. The van der Waals surface area contributed by atoms with E-state index in [9.17, 15) is 4.79 Å². The fourth-order valence-corrected chi connectivity index (χ4v) is 1.67. The van der Waals surface area contributed by atoms with Gasteiger partial charge in [-0.2, -0.15) is 0 Å². The van der Waals surface area contributed by atoms with Crippen molar-refractivity contribution in [1.29, 1.82) is 0 Å². The molecule has 0 bridgehead atoms. The lowest BCUT2D eigenvalue weighted by molar-refractivity contribution is -0.121. The molecular weight excluding hydrogens is 254 g/mol. The van der Waals surface area contributed by atoms with Crippen LogP contribution in [0.25, 0.3) is 0 Å². The lowest BCUT2D eigenvalue weighted by Gasteiger charge is -2.14. The standard InChI is InChI=1S/C14H25N5O/c1-8(2)13-18-12(15)10(5)14(19-13)16-7-6-11(20)17-9(3)4/h8-9H,6-7H2,1-5H3,(H,17,20)(H3,15,16,18,19). The van der Waals surface area contributed by atoms with Crippen LogP contribution in [0.15, 0.2) is 0 Å². The second-order valence-corrected chi connectivity index (χ2v) is 5.49. The van der Waals surface area contributed by atoms with Gasteiger partial charge in [-0.15, -0.1) is 0 Å². The Hall–Kier alpha value is -1.85. The van der Waals surface area contributed by atoms with Crippen LogP contribution in [0.5, 0.6) is 0 Å². The molecule has 0 aliphatic heterocycles. The number of hydrogen-bond acceptors (Lipinski definition) is 5. The van der Waals surface area contributed by atoms with Crippen molar-refractivity contribution in [2.24, 2.45) is 0 Å². The topological polar surface area (TPSA) is 92.9 Å². The van der Waals surface area contributed by atoms with Gasteiger partial charge >= 0.3 is 0 Å². The number of anilines is 2. The average molecular weight is 279 g/mol. The Bertz CT molecular complexity index is 471. The molecule has 0 saturated carbocycles. The minimum Gasteiger partial charge on any atom is -0.383 e. The van der Waals surface area contributed by atoms with Gasteiger partial charge in [-0.3, -0.25) is 4.79 Å². The SMILES string of the molecule is Cc1c(N)nc(C(C)C)nc1NCCC(=O)NC(C)C. The smallest absolute Gasteiger partial charge is 0.221 e. The molecule has 0 unspecified atom stereocenters. The van der Waals surface area contributed by atoms with Crippen LogP contribution in [0, 0.1) is 6.92 Å². The van der Waals surface area contributed by atoms with Crippen LogP contribution in [-0.2, 0) is 4.79 Å². The Morgan fingerprint density at radius 1 is 1.25 bits per heavy atom. The molecule has 6 heteroatoms. The second-order valence-electron chi connectivity index (χ2n) is 5.49. The third-order valence-electron chi connectivity index (χ3n) is 2.81. The lowest BCUT2D eigenvalue weighted by Crippen LogP contribution is -2.31. The Balaban J connectivity index is 2.66. The molecule has 20 heavy (non-hydrogen) atoms. The number of nitrogens with one attached hydrogen (secondary N) is 2. The van der Waals surface area contributed by atoms with Crippen LogP contribution in [0.1, 0.15) is 51.4 Å². The van der Waals surface area contributed by atoms with E-state index in [1.165, 1.54) is 0 Å². The molecule has 0 aliphatic carbocycles. The minimum absolute atomic E-state index is 0.0243. The van der Waals surface area contributed by atoms with Crippen molar-refractivity contribution in [3.63, 3.8) is 0 Å². The molecule has 1 aromatic heterocycles. The quantitative estimate of drug-likeness (QED) is 0.738. The van der Waals surface area contributed by atoms with E-state index in [4.69, 9.17) is 5.73 Å². The zero-order valence-electron chi connectivity index (χ0n) is 12.9. The largest absolute Gasteiger partial charge is 0.383 e. The maximum absolute atomic E-state index is 11.6. The summed E-state index contributed by atoms with van der Waals surface area (Å²) in [5.41, 5.74) is 6.70. The summed E-state index contributed by atoms with van der Waals surface area (Å²) in [7, 11) is 0. The van der Waals surface area contributed by atoms with E-state index in [2.05, 4.69) is 20.6 Å². The van der Waals surface area contributed by atoms with Crippen molar-refractivity contribution in [2.45, 2.75) is 53.0 Å². The number of nitrogens with two attached hydrogens (primary N) is 1. The average Bonchev–Trinajstić information content (AvgIpc) is 2.33. The predicted molar refractivity (Wildman–Crippen MR) is 81.7 cm³/mol. The summed E-state index contributed by atoms with van der Waals surface area (Å²) >= 11 is 0. The first-order valence-electron chi connectivity index (χ1n) is 6.98. The van der Waals surface area contributed by atoms with Gasteiger partial charge in [0.15, 0.2) is 0 Å². The zero-order chi connectivity index (χ0) is 15.3. The van der Waals surface area contributed by atoms with Gasteiger partial charge in [0.2, 0.25) is 5.91 Å². The third-order valence-corrected chi connectivity index (χ3v) is 2.81. The van der Waals surface area contributed by atoms with Crippen molar-refractivity contribution in [3.05, 3.63) is 11.4 Å². The van der Waals surface area contributed by atoms with Crippen molar-refractivity contribution >= 4 is 17.5 Å². The highest BCUT2D eigenvalue weighted by atomic mass is 16.1. The highest BCUT2D eigenvalue weighted by Crippen LogP contribution is 2.20. The van der Waals surface area contributed by atoms with E-state index >= 15 is 0 Å². The van der Waals surface area contributed by atoms with Crippen LogP contribution in [0.2, 0.25) is 0 Å². The van der Waals surface area contributed by atoms with Crippen LogP contribution in [-0.4, -0.2) is 28.5 Å². The molecule has 1 aromatic rings. The number of hydrogen-bond donors (Lipinski definition) is 3. The van der Waals surface area contributed by atoms with Crippen molar-refractivity contribution in [2.75, 3.05) is 17.6 Å². The Morgan fingerprint density at radius 3 is 2.45 bits per heavy atom. The van der Waals surface area contributed by atoms with Gasteiger partial charge in [-0.1, -0.05) is 13.8 Å². The predicted octanol–water partition coefficient (Wildman–Crippen LogP) is 1.82. The molecule has 1 amide bonds. The molecule has 1 heterocycles. The zero-order valence-corrected chi connectivity index (χ0v) is 12.9. The maximum atomic E-state index is 11.6. The van der Waals surface area contributed by atoms with E-state index in [0.717, 1.165) is 5.56 Å². The van der Waals surface area contributed by atoms with Crippen molar-refractivity contribution in [3.8, 4) is 0 Å². The van der Waals surface area contributed by atoms with E-state index in [0.29, 0.717) is 30.4 Å². The fourth-order valence-electron chi connectivity index (χ4n) is 1.67. The van der Waals surface area contributed by atoms with Gasteiger partial charge in [0.1, 0.15) is 17.5 Å². The van der Waals surface area contributed by atoms with Crippen LogP contribution in [0.4, 0.5) is 11.6 Å². The normalized spacial score (nSPS) is 10.9. The van der Waals surface area contributed by atoms with Crippen LogP contribution >= 0.6 is 0 Å². The molecule has 112 valence electrons. The number of carbonyl (C=O) groups excluding carboxylic acids is 1. The molecule has 4 N–H and O–H groups in total. The van der Waals surface area contributed by atoms with Crippen LogP contribution < -0.4 is 16.4 Å². The molecule has 0 fully saturated rings. The van der Waals surface area contributed by atoms with Gasteiger partial charge < -0.3 is 16.4 Å². The summed E-state index contributed by atoms with van der Waals surface area (Å²) in [5.74, 6) is 2.14. The van der Waals surface area contributed by atoms with Gasteiger partial charge in [0, 0.05) is 30.5 Å². The number of nitrogens with zero attached hydrogens (tertiary/aromatic N) is 2. The highest BCUT2D eigenvalue weighted by Gasteiger charge is 2.11. The molecule has 1 rings (SSSR count). The number of carbonyl (C=O) groups is 1. The van der Waals surface area contributed by atoms with Gasteiger partial charge in [-0.05, 0) is 20.8 Å². The van der Waals surface area contributed by atoms with E-state index in [1.54, 1.807) is 0 Å². The first kappa shape index (κ1) is 16.2. The maximum Gasteiger partial charge on any atom is 0.221 e. The Kier molecular flexibility index (Phi) is 5.73. The summed E-state index contributed by atoms with van der Waals surface area (Å²) in [4.78, 5) is 20.3. The first-order chi connectivity index (χ1) is 9.31. The monoisotopic (exact) mass is 279 g/mol. The molecule has 0 aromatic carbocycles. The van der Waals surface area contributed by atoms with E-state index in [-0.39, 0.29) is 17.9 Å². The minimum atomic E-state index is 0.0243. The number of rotatable bonds is 6. The third kappa shape index (κ3) is 4.68. The van der Waals surface area contributed by atoms with Gasteiger partial charge in [0.05, 0.1) is 0 Å². The first-order valence-corrected chi connectivity index (χ1v) is 6.98. The number of amides is 1. The Morgan fingerprint density at radius 2 is 1.90 bits per heavy atom. The summed E-state index contributed by atoms with van der Waals surface area (Å²) in [6.45, 7) is 10.3.